The van der Waals surface area contributed by atoms with Crippen LogP contribution in [0, 0.1) is 0 Å². The quantitative estimate of drug-likeness (QED) is 0.841. The van der Waals surface area contributed by atoms with Crippen LogP contribution in [0.2, 0.25) is 5.02 Å². The van der Waals surface area contributed by atoms with Gasteiger partial charge in [-0.1, -0.05) is 11.6 Å². The van der Waals surface area contributed by atoms with Gasteiger partial charge in [0.05, 0.1) is 12.7 Å². The Morgan fingerprint density at radius 2 is 2.00 bits per heavy atom. The number of rotatable bonds is 4. The number of piperidine rings is 1. The molecule has 1 fully saturated rings. The number of carbonyl (C=O) groups is 2. The van der Waals surface area contributed by atoms with Gasteiger partial charge < -0.3 is 15.0 Å². The lowest BCUT2D eigenvalue weighted by Gasteiger charge is -2.33. The van der Waals surface area contributed by atoms with E-state index in [4.69, 9.17) is 27.9 Å². The number of hydrogen-bond donors (Lipinski definition) is 1. The zero-order valence-corrected chi connectivity index (χ0v) is 14.7. The number of hydrogen-bond acceptors (Lipinski definition) is 3. The largest absolute Gasteiger partial charge is 0.496 e. The lowest BCUT2D eigenvalue weighted by atomic mass is 10.0. The van der Waals surface area contributed by atoms with Gasteiger partial charge in [-0.25, -0.2) is 0 Å². The third-order valence-electron chi connectivity index (χ3n) is 3.89. The fraction of sp³-hybridized carbons (Fsp3) is 0.500. The summed E-state index contributed by atoms with van der Waals surface area (Å²) >= 11 is 11.8. The molecule has 0 aliphatic carbocycles. The number of alkyl halides is 1. The molecule has 0 aromatic heterocycles. The molecule has 1 aromatic rings. The van der Waals surface area contributed by atoms with Gasteiger partial charge in [-0.05, 0) is 38.0 Å². The maximum Gasteiger partial charge on any atom is 0.255 e. The third kappa shape index (κ3) is 4.52. The topological polar surface area (TPSA) is 58.6 Å². The van der Waals surface area contributed by atoms with E-state index in [2.05, 4.69) is 5.32 Å². The molecule has 0 saturated carbocycles. The number of halogens is 2. The molecule has 1 aliphatic heterocycles. The van der Waals surface area contributed by atoms with Gasteiger partial charge in [0, 0.05) is 24.2 Å². The summed E-state index contributed by atoms with van der Waals surface area (Å²) in [7, 11) is 1.51. The summed E-state index contributed by atoms with van der Waals surface area (Å²) in [4.78, 5) is 26.0. The molecule has 1 saturated heterocycles. The van der Waals surface area contributed by atoms with Crippen LogP contribution in [0.5, 0.6) is 5.75 Å². The van der Waals surface area contributed by atoms with Gasteiger partial charge in [-0.15, -0.1) is 11.6 Å². The van der Waals surface area contributed by atoms with E-state index >= 15 is 0 Å². The Hall–Kier alpha value is -1.46. The lowest BCUT2D eigenvalue weighted by Crippen LogP contribution is -2.48. The molecular weight excluding hydrogens is 339 g/mol. The summed E-state index contributed by atoms with van der Waals surface area (Å²) in [6, 6.07) is 4.94. The highest BCUT2D eigenvalue weighted by atomic mass is 35.5. The molecule has 0 bridgehead atoms. The maximum atomic E-state index is 12.4. The van der Waals surface area contributed by atoms with E-state index in [1.54, 1.807) is 30.0 Å². The summed E-state index contributed by atoms with van der Waals surface area (Å²) in [5.74, 6) is 0.197. The van der Waals surface area contributed by atoms with Crippen LogP contribution >= 0.6 is 23.2 Å². The Kier molecular flexibility index (Phi) is 6.13. The first-order valence-electron chi connectivity index (χ1n) is 7.49. The molecule has 7 heteroatoms. The molecule has 1 N–H and O–H groups in total. The molecule has 1 heterocycles. The minimum absolute atomic E-state index is 0.0147. The monoisotopic (exact) mass is 358 g/mol. The van der Waals surface area contributed by atoms with Crippen LogP contribution in [0.4, 0.5) is 0 Å². The van der Waals surface area contributed by atoms with E-state index in [1.807, 2.05) is 0 Å². The van der Waals surface area contributed by atoms with Gasteiger partial charge >= 0.3 is 0 Å². The SMILES string of the molecule is COc1ccc(Cl)cc1C(=O)NC1CCN(C(=O)C(C)Cl)CC1. The van der Waals surface area contributed by atoms with E-state index in [1.165, 1.54) is 7.11 Å². The van der Waals surface area contributed by atoms with E-state index in [0.717, 1.165) is 0 Å². The first kappa shape index (κ1) is 17.9. The molecule has 1 aromatic carbocycles. The summed E-state index contributed by atoms with van der Waals surface area (Å²) in [6.45, 7) is 2.85. The van der Waals surface area contributed by atoms with Crippen LogP contribution in [0.1, 0.15) is 30.1 Å². The Bertz CT molecular complexity index is 585. The third-order valence-corrected chi connectivity index (χ3v) is 4.31. The highest BCUT2D eigenvalue weighted by Crippen LogP contribution is 2.23. The maximum absolute atomic E-state index is 12.4. The smallest absolute Gasteiger partial charge is 0.255 e. The molecular formula is C16H20Cl2N2O3. The molecule has 126 valence electrons. The van der Waals surface area contributed by atoms with Crippen LogP contribution in [0.15, 0.2) is 18.2 Å². The van der Waals surface area contributed by atoms with E-state index in [-0.39, 0.29) is 17.9 Å². The number of nitrogens with zero attached hydrogens (tertiary/aromatic N) is 1. The Balaban J connectivity index is 1.95. The average molecular weight is 359 g/mol. The summed E-state index contributed by atoms with van der Waals surface area (Å²) in [5.41, 5.74) is 0.410. The van der Waals surface area contributed by atoms with Crippen LogP contribution in [0.3, 0.4) is 0 Å². The molecule has 2 amide bonds. The molecule has 1 aliphatic rings. The van der Waals surface area contributed by atoms with E-state index < -0.39 is 5.38 Å². The van der Waals surface area contributed by atoms with Gasteiger partial charge in [0.25, 0.3) is 5.91 Å². The highest BCUT2D eigenvalue weighted by Gasteiger charge is 2.26. The Labute approximate surface area is 145 Å². The normalized spacial score (nSPS) is 16.8. The van der Waals surface area contributed by atoms with Crippen molar-refractivity contribution < 1.29 is 14.3 Å². The van der Waals surface area contributed by atoms with Gasteiger partial charge in [0.15, 0.2) is 0 Å². The van der Waals surface area contributed by atoms with Crippen LogP contribution in [-0.2, 0) is 4.79 Å². The Morgan fingerprint density at radius 3 is 2.57 bits per heavy atom. The minimum Gasteiger partial charge on any atom is -0.496 e. The second kappa shape index (κ2) is 7.88. The standard InChI is InChI=1S/C16H20Cl2N2O3/c1-10(17)16(22)20-7-5-12(6-8-20)19-15(21)13-9-11(18)3-4-14(13)23-2/h3-4,9-10,12H,5-8H2,1-2H3,(H,19,21). The predicted molar refractivity (Wildman–Crippen MR) is 90.4 cm³/mol. The molecule has 0 spiro atoms. The summed E-state index contributed by atoms with van der Waals surface area (Å²) < 4.78 is 5.20. The van der Waals surface area contributed by atoms with E-state index in [0.29, 0.717) is 42.3 Å². The number of methoxy groups -OCH3 is 1. The molecule has 1 atom stereocenters. The number of benzene rings is 1. The fourth-order valence-corrected chi connectivity index (χ4v) is 2.93. The van der Waals surface area contributed by atoms with Crippen molar-refractivity contribution in [1.29, 1.82) is 0 Å². The van der Waals surface area contributed by atoms with Crippen molar-refractivity contribution in [2.75, 3.05) is 20.2 Å². The van der Waals surface area contributed by atoms with Crippen molar-refractivity contribution in [3.8, 4) is 5.75 Å². The number of carbonyl (C=O) groups excluding carboxylic acids is 2. The van der Waals surface area contributed by atoms with Crippen molar-refractivity contribution in [1.82, 2.24) is 10.2 Å². The molecule has 1 unspecified atom stereocenters. The van der Waals surface area contributed by atoms with Crippen LogP contribution < -0.4 is 10.1 Å². The van der Waals surface area contributed by atoms with Crippen LogP contribution in [0.25, 0.3) is 0 Å². The summed E-state index contributed by atoms with van der Waals surface area (Å²) in [5, 5.41) is 2.94. The first-order valence-corrected chi connectivity index (χ1v) is 8.31. The fourth-order valence-electron chi connectivity index (χ4n) is 2.62. The minimum atomic E-state index is -0.517. The zero-order valence-electron chi connectivity index (χ0n) is 13.1. The number of ether oxygens (including phenoxy) is 1. The predicted octanol–water partition coefficient (Wildman–Crippen LogP) is 2.70. The zero-order chi connectivity index (χ0) is 17.0. The van der Waals surface area contributed by atoms with E-state index in [9.17, 15) is 9.59 Å². The van der Waals surface area contributed by atoms with Crippen molar-refractivity contribution in [2.24, 2.45) is 0 Å². The Morgan fingerprint density at radius 1 is 1.35 bits per heavy atom. The van der Waals surface area contributed by atoms with Gasteiger partial charge in [-0.2, -0.15) is 0 Å². The number of likely N-dealkylation sites (tertiary alicyclic amines) is 1. The molecule has 2 rings (SSSR count). The van der Waals surface area contributed by atoms with Gasteiger partial charge in [-0.3, -0.25) is 9.59 Å². The van der Waals surface area contributed by atoms with Crippen molar-refractivity contribution >= 4 is 35.0 Å². The van der Waals surface area contributed by atoms with Crippen molar-refractivity contribution in [3.63, 3.8) is 0 Å². The van der Waals surface area contributed by atoms with Gasteiger partial charge in [0.1, 0.15) is 11.1 Å². The second-order valence-corrected chi connectivity index (χ2v) is 6.62. The molecule has 5 nitrogen and oxygen atoms in total. The summed E-state index contributed by atoms with van der Waals surface area (Å²) in [6.07, 6.45) is 1.40. The second-order valence-electron chi connectivity index (χ2n) is 5.53. The number of nitrogens with one attached hydrogen (secondary N) is 1. The first-order chi connectivity index (χ1) is 10.9. The molecule has 0 radical (unpaired) electrons. The van der Waals surface area contributed by atoms with Gasteiger partial charge in [0.2, 0.25) is 5.91 Å². The van der Waals surface area contributed by atoms with Crippen molar-refractivity contribution in [3.05, 3.63) is 28.8 Å². The number of amides is 2. The highest BCUT2D eigenvalue weighted by molar-refractivity contribution is 6.31. The lowest BCUT2D eigenvalue weighted by molar-refractivity contribution is -0.131. The molecule has 23 heavy (non-hydrogen) atoms. The van der Waals surface area contributed by atoms with Crippen molar-refractivity contribution in [2.45, 2.75) is 31.2 Å². The average Bonchev–Trinajstić information content (AvgIpc) is 2.54. The van der Waals surface area contributed by atoms with Crippen LogP contribution in [-0.4, -0.2) is 48.3 Å².